The molecule has 7 nitrogen and oxygen atoms in total. The summed E-state index contributed by atoms with van der Waals surface area (Å²) in [5, 5.41) is 12.2. The number of carboxylic acids is 1. The number of carbonyl (C=O) groups is 3. The predicted octanol–water partition coefficient (Wildman–Crippen LogP) is 4.51. The van der Waals surface area contributed by atoms with Crippen LogP contribution in [0.4, 0.5) is 10.5 Å². The van der Waals surface area contributed by atoms with E-state index in [-0.39, 0.29) is 12.1 Å². The molecule has 0 atom stereocenters. The first-order valence-corrected chi connectivity index (χ1v) is 9.21. The van der Waals surface area contributed by atoms with Crippen molar-refractivity contribution in [3.8, 4) is 11.1 Å². The maximum absolute atomic E-state index is 12.3. The molecule has 0 aliphatic rings. The van der Waals surface area contributed by atoms with Crippen molar-refractivity contribution < 1.29 is 24.2 Å². The molecule has 2 rings (SSSR count). The summed E-state index contributed by atoms with van der Waals surface area (Å²) in [4.78, 5) is 36.4. The Bertz CT molecular complexity index is 920. The number of halogens is 1. The van der Waals surface area contributed by atoms with Crippen molar-refractivity contribution in [3.63, 3.8) is 0 Å². The molecule has 0 saturated heterocycles. The largest absolute Gasteiger partial charge is 0.478 e. The molecule has 0 spiro atoms. The van der Waals surface area contributed by atoms with Crippen LogP contribution in [0.3, 0.4) is 0 Å². The maximum atomic E-state index is 12.3. The molecular formula is C21H23ClN2O5. The van der Waals surface area contributed by atoms with Crippen LogP contribution in [0.5, 0.6) is 0 Å². The second-order valence-electron chi connectivity index (χ2n) is 7.46. The molecule has 2 aromatic rings. The van der Waals surface area contributed by atoms with Gasteiger partial charge in [0.05, 0.1) is 5.56 Å². The number of nitrogens with one attached hydrogen (secondary N) is 1. The second-order valence-corrected chi connectivity index (χ2v) is 7.87. The maximum Gasteiger partial charge on any atom is 0.410 e. The zero-order valence-electron chi connectivity index (χ0n) is 16.7. The van der Waals surface area contributed by atoms with E-state index < -0.39 is 23.6 Å². The smallest absolute Gasteiger partial charge is 0.410 e. The van der Waals surface area contributed by atoms with E-state index in [1.54, 1.807) is 51.1 Å². The van der Waals surface area contributed by atoms with Crippen LogP contribution < -0.4 is 5.32 Å². The van der Waals surface area contributed by atoms with E-state index in [1.807, 2.05) is 0 Å². The van der Waals surface area contributed by atoms with Gasteiger partial charge in [-0.2, -0.15) is 0 Å². The van der Waals surface area contributed by atoms with Gasteiger partial charge in [-0.05, 0) is 56.7 Å². The van der Waals surface area contributed by atoms with E-state index in [9.17, 15) is 14.4 Å². The molecule has 2 N–H and O–H groups in total. The third kappa shape index (κ3) is 6.50. The molecular weight excluding hydrogens is 396 g/mol. The summed E-state index contributed by atoms with van der Waals surface area (Å²) in [6, 6.07) is 11.2. The Labute approximate surface area is 174 Å². The van der Waals surface area contributed by atoms with Crippen molar-refractivity contribution in [2.45, 2.75) is 26.4 Å². The minimum atomic E-state index is -1.02. The minimum absolute atomic E-state index is 0.166. The van der Waals surface area contributed by atoms with Gasteiger partial charge < -0.3 is 20.1 Å². The number of hydrogen-bond acceptors (Lipinski definition) is 4. The highest BCUT2D eigenvalue weighted by molar-refractivity contribution is 6.33. The Morgan fingerprint density at radius 1 is 1.10 bits per heavy atom. The number of carbonyl (C=O) groups excluding carboxylic acids is 2. The van der Waals surface area contributed by atoms with E-state index in [4.69, 9.17) is 21.4 Å². The molecule has 0 aliphatic carbocycles. The summed E-state index contributed by atoms with van der Waals surface area (Å²) in [6.07, 6.45) is -0.594. The van der Waals surface area contributed by atoms with Crippen molar-refractivity contribution >= 4 is 35.3 Å². The number of ether oxygens (including phenoxy) is 1. The second kappa shape index (κ2) is 8.96. The van der Waals surface area contributed by atoms with Crippen LogP contribution in [0.15, 0.2) is 42.5 Å². The zero-order valence-corrected chi connectivity index (χ0v) is 17.4. The molecule has 0 aliphatic heterocycles. The topological polar surface area (TPSA) is 95.9 Å². The number of amides is 2. The monoisotopic (exact) mass is 418 g/mol. The summed E-state index contributed by atoms with van der Waals surface area (Å²) in [7, 11) is 1.48. The molecule has 8 heteroatoms. The molecule has 0 unspecified atom stereocenters. The van der Waals surface area contributed by atoms with Gasteiger partial charge in [0.2, 0.25) is 5.91 Å². The van der Waals surface area contributed by atoms with Crippen molar-refractivity contribution in [2.75, 3.05) is 18.9 Å². The normalized spacial score (nSPS) is 10.9. The van der Waals surface area contributed by atoms with Gasteiger partial charge >= 0.3 is 12.1 Å². The van der Waals surface area contributed by atoms with Crippen LogP contribution >= 0.6 is 11.6 Å². The Kier molecular flexibility index (Phi) is 6.87. The fourth-order valence-electron chi connectivity index (χ4n) is 2.44. The average Bonchev–Trinajstić information content (AvgIpc) is 2.62. The minimum Gasteiger partial charge on any atom is -0.478 e. The van der Waals surface area contributed by atoms with Crippen molar-refractivity contribution in [1.29, 1.82) is 0 Å². The molecule has 29 heavy (non-hydrogen) atoms. The quantitative estimate of drug-likeness (QED) is 0.744. The lowest BCUT2D eigenvalue weighted by atomic mass is 10.0. The summed E-state index contributed by atoms with van der Waals surface area (Å²) in [5.74, 6) is -1.41. The highest BCUT2D eigenvalue weighted by atomic mass is 35.5. The fraction of sp³-hybridized carbons (Fsp3) is 0.286. The lowest BCUT2D eigenvalue weighted by Crippen LogP contribution is -2.38. The summed E-state index contributed by atoms with van der Waals surface area (Å²) >= 11 is 6.26. The van der Waals surface area contributed by atoms with Crippen LogP contribution in [-0.2, 0) is 9.53 Å². The first-order valence-electron chi connectivity index (χ1n) is 8.83. The Morgan fingerprint density at radius 3 is 2.28 bits per heavy atom. The predicted molar refractivity (Wildman–Crippen MR) is 111 cm³/mol. The zero-order chi connectivity index (χ0) is 21.8. The molecule has 154 valence electrons. The Hall–Kier alpha value is -3.06. The standard InChI is InChI=1S/C21H23ClN2O5/c1-21(2,3)29-20(28)24(4)12-18(25)23-15-9-10-17(22)16(11-15)13-5-7-14(8-6-13)19(26)27/h5-11H,12H2,1-4H3,(H,23,25)(H,26,27). The van der Waals surface area contributed by atoms with Gasteiger partial charge in [0.25, 0.3) is 0 Å². The van der Waals surface area contributed by atoms with Gasteiger partial charge in [-0.3, -0.25) is 4.79 Å². The van der Waals surface area contributed by atoms with Gasteiger partial charge in [0.15, 0.2) is 0 Å². The number of hydrogen-bond donors (Lipinski definition) is 2. The lowest BCUT2D eigenvalue weighted by Gasteiger charge is -2.24. The number of anilines is 1. The van der Waals surface area contributed by atoms with Gasteiger partial charge in [-0.15, -0.1) is 0 Å². The summed E-state index contributed by atoms with van der Waals surface area (Å²) < 4.78 is 5.22. The van der Waals surface area contributed by atoms with Crippen LogP contribution in [0.2, 0.25) is 5.02 Å². The van der Waals surface area contributed by atoms with E-state index in [0.29, 0.717) is 21.8 Å². The first kappa shape index (κ1) is 22.2. The number of nitrogens with zero attached hydrogens (tertiary/aromatic N) is 1. The highest BCUT2D eigenvalue weighted by Gasteiger charge is 2.21. The molecule has 0 aromatic heterocycles. The molecule has 2 aromatic carbocycles. The fourth-order valence-corrected chi connectivity index (χ4v) is 2.66. The van der Waals surface area contributed by atoms with Gasteiger partial charge in [0, 0.05) is 23.3 Å². The van der Waals surface area contributed by atoms with Crippen molar-refractivity contribution in [2.24, 2.45) is 0 Å². The van der Waals surface area contributed by atoms with Crippen LogP contribution in [0.25, 0.3) is 11.1 Å². The van der Waals surface area contributed by atoms with Gasteiger partial charge in [0.1, 0.15) is 12.1 Å². The number of rotatable bonds is 5. The molecule has 0 fully saturated rings. The van der Waals surface area contributed by atoms with Crippen molar-refractivity contribution in [1.82, 2.24) is 4.90 Å². The SMILES string of the molecule is CN(CC(=O)Nc1ccc(Cl)c(-c2ccc(C(=O)O)cc2)c1)C(=O)OC(C)(C)C. The first-order chi connectivity index (χ1) is 13.5. The third-order valence-corrected chi connectivity index (χ3v) is 4.11. The van der Waals surface area contributed by atoms with E-state index in [2.05, 4.69) is 5.32 Å². The van der Waals surface area contributed by atoms with E-state index in [0.717, 1.165) is 0 Å². The number of carboxylic acid groups (broad SMARTS) is 1. The number of benzene rings is 2. The average molecular weight is 419 g/mol. The van der Waals surface area contributed by atoms with Crippen LogP contribution in [0, 0.1) is 0 Å². The van der Waals surface area contributed by atoms with Gasteiger partial charge in [-0.25, -0.2) is 9.59 Å². The number of aromatic carboxylic acids is 1. The van der Waals surface area contributed by atoms with Crippen molar-refractivity contribution in [3.05, 3.63) is 53.1 Å². The molecule has 2 amide bonds. The summed E-state index contributed by atoms with van der Waals surface area (Å²) in [5.41, 5.74) is 1.36. The number of likely N-dealkylation sites (N-methyl/N-ethyl adjacent to an activating group) is 1. The Morgan fingerprint density at radius 2 is 1.72 bits per heavy atom. The highest BCUT2D eigenvalue weighted by Crippen LogP contribution is 2.31. The third-order valence-electron chi connectivity index (χ3n) is 3.78. The molecule has 0 radical (unpaired) electrons. The van der Waals surface area contributed by atoms with Crippen LogP contribution in [0.1, 0.15) is 31.1 Å². The van der Waals surface area contributed by atoms with E-state index >= 15 is 0 Å². The lowest BCUT2D eigenvalue weighted by molar-refractivity contribution is -0.117. The van der Waals surface area contributed by atoms with Crippen LogP contribution in [-0.4, -0.2) is 47.2 Å². The summed E-state index contributed by atoms with van der Waals surface area (Å²) in [6.45, 7) is 5.06. The molecule has 0 bridgehead atoms. The van der Waals surface area contributed by atoms with Gasteiger partial charge in [-0.1, -0.05) is 23.7 Å². The molecule has 0 heterocycles. The Balaban J connectivity index is 2.10. The molecule has 0 saturated carbocycles. The van der Waals surface area contributed by atoms with E-state index in [1.165, 1.54) is 24.1 Å².